The van der Waals surface area contributed by atoms with E-state index in [-0.39, 0.29) is 17.4 Å². The zero-order valence-corrected chi connectivity index (χ0v) is 19.0. The van der Waals surface area contributed by atoms with Gasteiger partial charge in [0.15, 0.2) is 5.69 Å². The van der Waals surface area contributed by atoms with Crippen molar-refractivity contribution in [1.82, 2.24) is 20.0 Å². The van der Waals surface area contributed by atoms with Crippen LogP contribution in [0.1, 0.15) is 46.5 Å². The number of hydrogen-bond donors (Lipinski definition) is 1. The van der Waals surface area contributed by atoms with E-state index in [1.807, 2.05) is 66.5 Å². The van der Waals surface area contributed by atoms with Crippen molar-refractivity contribution in [3.05, 3.63) is 65.9 Å². The normalized spacial score (nSPS) is 20.2. The van der Waals surface area contributed by atoms with Gasteiger partial charge in [-0.05, 0) is 49.8 Å². The molecule has 5 rings (SSSR count). The molecule has 0 radical (unpaired) electrons. The highest BCUT2D eigenvalue weighted by molar-refractivity contribution is 6.04. The fraction of sp³-hybridized carbons (Fsp3) is 0.423. The monoisotopic (exact) mass is 446 g/mol. The topological polar surface area (TPSA) is 76.5 Å². The third-order valence-electron chi connectivity index (χ3n) is 7.10. The molecule has 1 aromatic heterocycles. The molecule has 1 spiro atoms. The Morgan fingerprint density at radius 2 is 1.82 bits per heavy atom. The van der Waals surface area contributed by atoms with Crippen molar-refractivity contribution in [2.45, 2.75) is 31.3 Å². The standard InChI is InChI=1S/C26H30N4O3/c1-29-22-10-6-5-9-21(22)23(28-29)25(32)30-14-12-26(13-15-30)17-19(11-16-33-26)18-27-24(31)20-7-3-2-4-8-20/h2-10,19H,11-18H2,1H3,(H,27,31). The molecule has 2 aliphatic heterocycles. The van der Waals surface area contributed by atoms with Gasteiger partial charge < -0.3 is 15.0 Å². The Morgan fingerprint density at radius 1 is 1.09 bits per heavy atom. The van der Waals surface area contributed by atoms with Gasteiger partial charge in [0.05, 0.1) is 11.1 Å². The zero-order valence-electron chi connectivity index (χ0n) is 19.0. The molecule has 3 heterocycles. The predicted octanol–water partition coefficient (Wildman–Crippen LogP) is 3.40. The van der Waals surface area contributed by atoms with Gasteiger partial charge in [0.2, 0.25) is 0 Å². The van der Waals surface area contributed by atoms with E-state index in [0.717, 1.165) is 36.6 Å². The molecule has 2 aliphatic rings. The van der Waals surface area contributed by atoms with Crippen LogP contribution >= 0.6 is 0 Å². The number of ether oxygens (including phenoxy) is 1. The molecule has 3 aromatic rings. The summed E-state index contributed by atoms with van der Waals surface area (Å²) in [5.74, 6) is 0.344. The number of aromatic nitrogens is 2. The number of carbonyl (C=O) groups excluding carboxylic acids is 2. The number of benzene rings is 2. The van der Waals surface area contributed by atoms with E-state index in [2.05, 4.69) is 10.4 Å². The number of amides is 2. The van der Waals surface area contributed by atoms with E-state index in [4.69, 9.17) is 4.74 Å². The molecule has 7 heteroatoms. The van der Waals surface area contributed by atoms with Crippen LogP contribution in [0.2, 0.25) is 0 Å². The Labute approximate surface area is 193 Å². The van der Waals surface area contributed by atoms with Crippen molar-refractivity contribution in [2.75, 3.05) is 26.2 Å². The molecule has 2 saturated heterocycles. The van der Waals surface area contributed by atoms with Crippen LogP contribution in [0.5, 0.6) is 0 Å². The lowest BCUT2D eigenvalue weighted by Crippen LogP contribution is -2.51. The smallest absolute Gasteiger partial charge is 0.275 e. The summed E-state index contributed by atoms with van der Waals surface area (Å²) in [7, 11) is 1.87. The molecular weight excluding hydrogens is 416 g/mol. The van der Waals surface area contributed by atoms with Crippen molar-refractivity contribution in [3.8, 4) is 0 Å². The second-order valence-corrected chi connectivity index (χ2v) is 9.25. The number of rotatable bonds is 4. The first-order chi connectivity index (χ1) is 16.0. The minimum Gasteiger partial charge on any atom is -0.375 e. The third-order valence-corrected chi connectivity index (χ3v) is 7.10. The minimum atomic E-state index is -0.205. The molecule has 2 fully saturated rings. The van der Waals surface area contributed by atoms with E-state index < -0.39 is 0 Å². The van der Waals surface area contributed by atoms with Gasteiger partial charge in [-0.25, -0.2) is 0 Å². The average molecular weight is 447 g/mol. The number of hydrogen-bond acceptors (Lipinski definition) is 4. The van der Waals surface area contributed by atoms with Gasteiger partial charge in [-0.2, -0.15) is 5.10 Å². The highest BCUT2D eigenvalue weighted by Crippen LogP contribution is 2.38. The lowest BCUT2D eigenvalue weighted by atomic mass is 9.79. The number of carbonyl (C=O) groups is 2. The predicted molar refractivity (Wildman–Crippen MR) is 126 cm³/mol. The second-order valence-electron chi connectivity index (χ2n) is 9.25. The first kappa shape index (κ1) is 21.6. The van der Waals surface area contributed by atoms with E-state index in [0.29, 0.717) is 43.4 Å². The molecule has 0 saturated carbocycles. The molecule has 1 N–H and O–H groups in total. The largest absolute Gasteiger partial charge is 0.375 e. The SMILES string of the molecule is Cn1nc(C(=O)N2CCC3(CC2)CC(CNC(=O)c2ccccc2)CCO3)c2ccccc21. The van der Waals surface area contributed by atoms with E-state index >= 15 is 0 Å². The number of likely N-dealkylation sites (tertiary alicyclic amines) is 1. The summed E-state index contributed by atoms with van der Waals surface area (Å²) in [6.07, 6.45) is 3.48. The van der Waals surface area contributed by atoms with Crippen LogP contribution in [0, 0.1) is 5.92 Å². The van der Waals surface area contributed by atoms with Crippen LogP contribution in [0.3, 0.4) is 0 Å². The summed E-state index contributed by atoms with van der Waals surface area (Å²) in [6.45, 7) is 2.67. The van der Waals surface area contributed by atoms with Crippen LogP contribution in [-0.2, 0) is 11.8 Å². The maximum Gasteiger partial charge on any atom is 0.275 e. The summed E-state index contributed by atoms with van der Waals surface area (Å²) in [5.41, 5.74) is 1.97. The Balaban J connectivity index is 1.19. The average Bonchev–Trinajstić information content (AvgIpc) is 3.20. The first-order valence-corrected chi connectivity index (χ1v) is 11.7. The van der Waals surface area contributed by atoms with Crippen LogP contribution in [0.15, 0.2) is 54.6 Å². The summed E-state index contributed by atoms with van der Waals surface area (Å²) in [6, 6.07) is 17.2. The third kappa shape index (κ3) is 4.37. The van der Waals surface area contributed by atoms with Crippen LogP contribution in [0.4, 0.5) is 0 Å². The van der Waals surface area contributed by atoms with Crippen LogP contribution in [-0.4, -0.2) is 58.3 Å². The number of nitrogens with one attached hydrogen (secondary N) is 1. The molecule has 2 aromatic carbocycles. The first-order valence-electron chi connectivity index (χ1n) is 11.7. The molecule has 7 nitrogen and oxygen atoms in total. The maximum atomic E-state index is 13.2. The van der Waals surface area contributed by atoms with Gasteiger partial charge in [-0.1, -0.05) is 36.4 Å². The zero-order chi connectivity index (χ0) is 22.8. The van der Waals surface area contributed by atoms with Crippen molar-refractivity contribution in [2.24, 2.45) is 13.0 Å². The van der Waals surface area contributed by atoms with Crippen LogP contribution < -0.4 is 5.32 Å². The van der Waals surface area contributed by atoms with E-state index in [1.165, 1.54) is 0 Å². The Bertz CT molecular complexity index is 1150. The summed E-state index contributed by atoms with van der Waals surface area (Å²) in [5, 5.41) is 8.49. The molecule has 0 bridgehead atoms. The quantitative estimate of drug-likeness (QED) is 0.666. The number of para-hydroxylation sites is 1. The Morgan fingerprint density at radius 3 is 2.61 bits per heavy atom. The molecule has 33 heavy (non-hydrogen) atoms. The molecule has 2 amide bonds. The molecule has 1 unspecified atom stereocenters. The minimum absolute atomic E-state index is 0.0101. The molecule has 172 valence electrons. The van der Waals surface area contributed by atoms with Crippen LogP contribution in [0.25, 0.3) is 10.9 Å². The number of aryl methyl sites for hydroxylation is 1. The number of fused-ring (bicyclic) bond motifs is 1. The van der Waals surface area contributed by atoms with Gasteiger partial charge >= 0.3 is 0 Å². The highest BCUT2D eigenvalue weighted by Gasteiger charge is 2.41. The van der Waals surface area contributed by atoms with E-state index in [1.54, 1.807) is 4.68 Å². The van der Waals surface area contributed by atoms with Gasteiger partial charge in [-0.3, -0.25) is 14.3 Å². The maximum absolute atomic E-state index is 13.2. The number of nitrogens with zero attached hydrogens (tertiary/aromatic N) is 3. The van der Waals surface area contributed by atoms with Gasteiger partial charge in [-0.15, -0.1) is 0 Å². The second kappa shape index (κ2) is 8.98. The fourth-order valence-electron chi connectivity index (χ4n) is 5.22. The van der Waals surface area contributed by atoms with Crippen molar-refractivity contribution in [1.29, 1.82) is 0 Å². The summed E-state index contributed by atoms with van der Waals surface area (Å²) < 4.78 is 8.04. The summed E-state index contributed by atoms with van der Waals surface area (Å²) in [4.78, 5) is 27.6. The van der Waals surface area contributed by atoms with Gasteiger partial charge in [0.25, 0.3) is 11.8 Å². The molecule has 0 aliphatic carbocycles. The van der Waals surface area contributed by atoms with Crippen molar-refractivity contribution in [3.63, 3.8) is 0 Å². The highest BCUT2D eigenvalue weighted by atomic mass is 16.5. The van der Waals surface area contributed by atoms with Gasteiger partial charge in [0.1, 0.15) is 0 Å². The Hall–Kier alpha value is -3.19. The fourth-order valence-corrected chi connectivity index (χ4v) is 5.22. The van der Waals surface area contributed by atoms with Crippen molar-refractivity contribution < 1.29 is 14.3 Å². The Kier molecular flexibility index (Phi) is 5.89. The molecular formula is C26H30N4O3. The van der Waals surface area contributed by atoms with Crippen molar-refractivity contribution >= 4 is 22.7 Å². The van der Waals surface area contributed by atoms with E-state index in [9.17, 15) is 9.59 Å². The lowest BCUT2D eigenvalue weighted by molar-refractivity contribution is -0.122. The number of piperidine rings is 1. The van der Waals surface area contributed by atoms with Gasteiger partial charge in [0, 0.05) is 44.2 Å². The summed E-state index contributed by atoms with van der Waals surface area (Å²) >= 11 is 0. The lowest BCUT2D eigenvalue weighted by Gasteiger charge is -2.46. The molecule has 1 atom stereocenters.